The van der Waals surface area contributed by atoms with Crippen LogP contribution >= 0.6 is 0 Å². The van der Waals surface area contributed by atoms with Crippen molar-refractivity contribution < 1.29 is 4.79 Å². The molecule has 0 bridgehead atoms. The Morgan fingerprint density at radius 3 is 3.23 bits per heavy atom. The Morgan fingerprint density at radius 1 is 1.54 bits per heavy atom. The highest BCUT2D eigenvalue weighted by atomic mass is 16.1. The molecule has 1 aliphatic rings. The van der Waals surface area contributed by atoms with Crippen molar-refractivity contribution in [1.29, 1.82) is 0 Å². The predicted molar refractivity (Wildman–Crippen MR) is 51.1 cm³/mol. The lowest BCUT2D eigenvalue weighted by Gasteiger charge is -2.17. The SMILES string of the molecule is CN1CCCC(=O)c2ccncc21. The van der Waals surface area contributed by atoms with Gasteiger partial charge in [0.25, 0.3) is 0 Å². The molecule has 0 aliphatic carbocycles. The van der Waals surface area contributed by atoms with Gasteiger partial charge in [0.05, 0.1) is 11.9 Å². The fourth-order valence-electron chi connectivity index (χ4n) is 1.66. The van der Waals surface area contributed by atoms with Gasteiger partial charge < -0.3 is 4.90 Å². The van der Waals surface area contributed by atoms with E-state index in [0.29, 0.717) is 6.42 Å². The molecule has 0 saturated carbocycles. The van der Waals surface area contributed by atoms with Gasteiger partial charge in [-0.15, -0.1) is 0 Å². The summed E-state index contributed by atoms with van der Waals surface area (Å²) in [6, 6.07) is 1.81. The van der Waals surface area contributed by atoms with Gasteiger partial charge in [-0.25, -0.2) is 0 Å². The third-order valence-corrected chi connectivity index (χ3v) is 2.41. The van der Waals surface area contributed by atoms with Gasteiger partial charge in [0, 0.05) is 31.8 Å². The van der Waals surface area contributed by atoms with E-state index in [2.05, 4.69) is 9.88 Å². The standard InChI is InChI=1S/C10H12N2O/c1-12-6-2-3-10(13)8-4-5-11-7-9(8)12/h4-5,7H,2-3,6H2,1H3. The summed E-state index contributed by atoms with van der Waals surface area (Å²) in [6.45, 7) is 0.935. The van der Waals surface area contributed by atoms with Crippen LogP contribution in [0.5, 0.6) is 0 Å². The van der Waals surface area contributed by atoms with Gasteiger partial charge >= 0.3 is 0 Å². The predicted octanol–water partition coefficient (Wildman–Crippen LogP) is 1.49. The van der Waals surface area contributed by atoms with Gasteiger partial charge in [0.1, 0.15) is 0 Å². The summed E-state index contributed by atoms with van der Waals surface area (Å²) < 4.78 is 0. The van der Waals surface area contributed by atoms with E-state index in [1.165, 1.54) is 0 Å². The molecular weight excluding hydrogens is 164 g/mol. The molecule has 0 atom stereocenters. The zero-order valence-corrected chi connectivity index (χ0v) is 7.66. The average Bonchev–Trinajstić information content (AvgIpc) is 2.29. The van der Waals surface area contributed by atoms with Crippen LogP contribution < -0.4 is 4.90 Å². The fraction of sp³-hybridized carbons (Fsp3) is 0.400. The summed E-state index contributed by atoms with van der Waals surface area (Å²) in [5.74, 6) is 0.238. The molecule has 68 valence electrons. The van der Waals surface area contributed by atoms with E-state index >= 15 is 0 Å². The maximum absolute atomic E-state index is 11.6. The van der Waals surface area contributed by atoms with Gasteiger partial charge in [0.2, 0.25) is 0 Å². The fourth-order valence-corrected chi connectivity index (χ4v) is 1.66. The van der Waals surface area contributed by atoms with E-state index in [-0.39, 0.29) is 5.78 Å². The summed E-state index contributed by atoms with van der Waals surface area (Å²) in [4.78, 5) is 17.7. The number of carbonyl (C=O) groups is 1. The van der Waals surface area contributed by atoms with Crippen molar-refractivity contribution in [2.24, 2.45) is 0 Å². The van der Waals surface area contributed by atoms with Crippen molar-refractivity contribution in [3.63, 3.8) is 0 Å². The summed E-state index contributed by atoms with van der Waals surface area (Å²) >= 11 is 0. The molecular formula is C10H12N2O. The van der Waals surface area contributed by atoms with Crippen LogP contribution in [-0.4, -0.2) is 24.4 Å². The average molecular weight is 176 g/mol. The second-order valence-corrected chi connectivity index (χ2v) is 3.34. The zero-order valence-electron chi connectivity index (χ0n) is 7.66. The molecule has 1 aromatic heterocycles. The first-order valence-electron chi connectivity index (χ1n) is 4.47. The molecule has 1 aromatic rings. The first kappa shape index (κ1) is 8.23. The molecule has 0 spiro atoms. The highest BCUT2D eigenvalue weighted by Crippen LogP contribution is 2.23. The van der Waals surface area contributed by atoms with Crippen LogP contribution in [0.25, 0.3) is 0 Å². The summed E-state index contributed by atoms with van der Waals surface area (Å²) in [6.07, 6.45) is 5.03. The maximum atomic E-state index is 11.6. The van der Waals surface area contributed by atoms with Crippen LogP contribution in [0.4, 0.5) is 5.69 Å². The molecule has 3 nitrogen and oxygen atoms in total. The number of rotatable bonds is 0. The minimum Gasteiger partial charge on any atom is -0.373 e. The van der Waals surface area contributed by atoms with Gasteiger partial charge in [-0.1, -0.05) is 0 Å². The summed E-state index contributed by atoms with van der Waals surface area (Å²) in [5, 5.41) is 0. The minimum atomic E-state index is 0.238. The van der Waals surface area contributed by atoms with Gasteiger partial charge in [-0.3, -0.25) is 9.78 Å². The number of anilines is 1. The Bertz CT molecular complexity index is 335. The van der Waals surface area contributed by atoms with Gasteiger partial charge in [0.15, 0.2) is 5.78 Å². The van der Waals surface area contributed by atoms with E-state index in [4.69, 9.17) is 0 Å². The number of aromatic nitrogens is 1. The first-order valence-corrected chi connectivity index (χ1v) is 4.47. The van der Waals surface area contributed by atoms with Crippen LogP contribution in [0.2, 0.25) is 0 Å². The quantitative estimate of drug-likeness (QED) is 0.600. The lowest BCUT2D eigenvalue weighted by molar-refractivity contribution is 0.0983. The monoisotopic (exact) mass is 176 g/mol. The molecule has 0 radical (unpaired) electrons. The van der Waals surface area contributed by atoms with E-state index < -0.39 is 0 Å². The zero-order chi connectivity index (χ0) is 9.26. The molecule has 0 unspecified atom stereocenters. The van der Waals surface area contributed by atoms with Crippen molar-refractivity contribution in [3.8, 4) is 0 Å². The molecule has 1 aliphatic heterocycles. The van der Waals surface area contributed by atoms with E-state index in [1.54, 1.807) is 18.5 Å². The second kappa shape index (κ2) is 3.17. The summed E-state index contributed by atoms with van der Waals surface area (Å²) in [7, 11) is 2.00. The van der Waals surface area contributed by atoms with Crippen molar-refractivity contribution in [1.82, 2.24) is 4.98 Å². The number of pyridine rings is 1. The van der Waals surface area contributed by atoms with Crippen molar-refractivity contribution in [3.05, 3.63) is 24.0 Å². The highest BCUT2D eigenvalue weighted by Gasteiger charge is 2.17. The Balaban J connectivity index is 2.51. The minimum absolute atomic E-state index is 0.238. The normalized spacial score (nSPS) is 16.7. The van der Waals surface area contributed by atoms with E-state index in [0.717, 1.165) is 24.2 Å². The number of Topliss-reactive ketones (excluding diaryl/α,β-unsaturated/α-hetero) is 1. The molecule has 2 heterocycles. The number of ketones is 1. The van der Waals surface area contributed by atoms with Crippen LogP contribution in [0.3, 0.4) is 0 Å². The number of hydrogen-bond acceptors (Lipinski definition) is 3. The number of carbonyl (C=O) groups excluding carboxylic acids is 1. The molecule has 2 rings (SSSR count). The maximum Gasteiger partial charge on any atom is 0.165 e. The number of fused-ring (bicyclic) bond motifs is 1. The third kappa shape index (κ3) is 1.41. The largest absolute Gasteiger partial charge is 0.373 e. The highest BCUT2D eigenvalue weighted by molar-refractivity contribution is 6.01. The van der Waals surface area contributed by atoms with E-state index in [9.17, 15) is 4.79 Å². The van der Waals surface area contributed by atoms with Gasteiger partial charge in [-0.05, 0) is 12.5 Å². The number of hydrogen-bond donors (Lipinski definition) is 0. The molecule has 0 saturated heterocycles. The Kier molecular flexibility index (Phi) is 2.00. The van der Waals surface area contributed by atoms with Crippen molar-refractivity contribution in [2.45, 2.75) is 12.8 Å². The Morgan fingerprint density at radius 2 is 2.38 bits per heavy atom. The Hall–Kier alpha value is -1.38. The molecule has 3 heteroatoms. The lowest BCUT2D eigenvalue weighted by Crippen LogP contribution is -2.17. The summed E-state index contributed by atoms with van der Waals surface area (Å²) in [5.41, 5.74) is 1.78. The first-order chi connectivity index (χ1) is 6.29. The van der Waals surface area contributed by atoms with Crippen LogP contribution in [0.1, 0.15) is 23.2 Å². The van der Waals surface area contributed by atoms with Crippen LogP contribution in [-0.2, 0) is 0 Å². The third-order valence-electron chi connectivity index (χ3n) is 2.41. The Labute approximate surface area is 77.4 Å². The second-order valence-electron chi connectivity index (χ2n) is 3.34. The lowest BCUT2D eigenvalue weighted by atomic mass is 10.1. The smallest absolute Gasteiger partial charge is 0.165 e. The van der Waals surface area contributed by atoms with Crippen LogP contribution in [0, 0.1) is 0 Å². The van der Waals surface area contributed by atoms with Crippen LogP contribution in [0.15, 0.2) is 18.5 Å². The topological polar surface area (TPSA) is 33.2 Å². The molecule has 0 N–H and O–H groups in total. The molecule has 0 fully saturated rings. The molecule has 13 heavy (non-hydrogen) atoms. The van der Waals surface area contributed by atoms with Crippen molar-refractivity contribution in [2.75, 3.05) is 18.5 Å². The molecule has 0 amide bonds. The van der Waals surface area contributed by atoms with Crippen molar-refractivity contribution >= 4 is 11.5 Å². The van der Waals surface area contributed by atoms with E-state index in [1.807, 2.05) is 7.05 Å². The number of nitrogens with zero attached hydrogens (tertiary/aromatic N) is 2. The molecule has 0 aromatic carbocycles. The van der Waals surface area contributed by atoms with Gasteiger partial charge in [-0.2, -0.15) is 0 Å².